The number of hydrogen-bond acceptors (Lipinski definition) is 2. The maximum absolute atomic E-state index is 6.33. The molecule has 0 amide bonds. The van der Waals surface area contributed by atoms with Crippen molar-refractivity contribution >= 4 is 0 Å². The van der Waals surface area contributed by atoms with Gasteiger partial charge in [0.1, 0.15) is 0 Å². The van der Waals surface area contributed by atoms with Crippen molar-refractivity contribution in [3.05, 3.63) is 0 Å². The van der Waals surface area contributed by atoms with E-state index in [9.17, 15) is 0 Å². The third-order valence-corrected chi connectivity index (χ3v) is 5.14. The Bertz CT molecular complexity index is 274. The fourth-order valence-electron chi connectivity index (χ4n) is 3.78. The second-order valence-electron chi connectivity index (χ2n) is 7.52. The Morgan fingerprint density at radius 3 is 2.50 bits per heavy atom. The fraction of sp³-hybridized carbons (Fsp3) is 1.00. The van der Waals surface area contributed by atoms with Crippen LogP contribution in [0.15, 0.2) is 0 Å². The number of rotatable bonds is 3. The molecule has 0 spiro atoms. The van der Waals surface area contributed by atoms with Gasteiger partial charge in [-0.05, 0) is 70.1 Å². The molecule has 1 aliphatic heterocycles. The van der Waals surface area contributed by atoms with E-state index in [-0.39, 0.29) is 5.60 Å². The normalized spacial score (nSPS) is 40.3. The minimum atomic E-state index is 0.0981. The molecule has 2 aliphatic rings. The van der Waals surface area contributed by atoms with Crippen molar-refractivity contribution in [2.45, 2.75) is 84.0 Å². The van der Waals surface area contributed by atoms with Gasteiger partial charge in [-0.25, -0.2) is 0 Å². The zero-order chi connectivity index (χ0) is 13.3. The molecule has 106 valence electrons. The molecule has 1 aliphatic carbocycles. The molecule has 2 fully saturated rings. The molecule has 2 N–H and O–H groups in total. The average Bonchev–Trinajstić information content (AvgIpc) is 2.61. The Morgan fingerprint density at radius 1 is 1.22 bits per heavy atom. The molecule has 18 heavy (non-hydrogen) atoms. The van der Waals surface area contributed by atoms with Crippen LogP contribution in [-0.2, 0) is 4.74 Å². The molecular weight excluding hydrogens is 222 g/mol. The maximum atomic E-state index is 6.33. The van der Waals surface area contributed by atoms with Gasteiger partial charge in [-0.2, -0.15) is 0 Å². The Kier molecular flexibility index (Phi) is 4.38. The summed E-state index contributed by atoms with van der Waals surface area (Å²) < 4.78 is 6.14. The third kappa shape index (κ3) is 3.48. The Balaban J connectivity index is 1.87. The molecule has 2 nitrogen and oxygen atoms in total. The predicted octanol–water partition coefficient (Wildman–Crippen LogP) is 3.73. The van der Waals surface area contributed by atoms with Crippen molar-refractivity contribution in [3.63, 3.8) is 0 Å². The first-order chi connectivity index (χ1) is 8.37. The molecule has 1 saturated carbocycles. The standard InChI is InChI=1S/C16H31NO/c1-11(2)12-5-6-15(17)13(9-12)10-14-7-8-16(3,4)18-14/h11-15H,5-10,17H2,1-4H3. The topological polar surface area (TPSA) is 35.2 Å². The van der Waals surface area contributed by atoms with Gasteiger partial charge in [0.25, 0.3) is 0 Å². The van der Waals surface area contributed by atoms with Crippen LogP contribution < -0.4 is 5.73 Å². The van der Waals surface area contributed by atoms with Gasteiger partial charge < -0.3 is 10.5 Å². The van der Waals surface area contributed by atoms with E-state index in [1.807, 2.05) is 0 Å². The second kappa shape index (κ2) is 5.50. The van der Waals surface area contributed by atoms with Crippen LogP contribution in [0, 0.1) is 17.8 Å². The number of ether oxygens (including phenoxy) is 1. The largest absolute Gasteiger partial charge is 0.372 e. The molecule has 0 aromatic heterocycles. The summed E-state index contributed by atoms with van der Waals surface area (Å²) in [5, 5.41) is 0. The van der Waals surface area contributed by atoms with Crippen molar-refractivity contribution in [3.8, 4) is 0 Å². The van der Waals surface area contributed by atoms with E-state index in [2.05, 4.69) is 27.7 Å². The highest BCUT2D eigenvalue weighted by Gasteiger charge is 2.36. The lowest BCUT2D eigenvalue weighted by Crippen LogP contribution is -2.39. The Hall–Kier alpha value is -0.0800. The zero-order valence-electron chi connectivity index (χ0n) is 12.6. The van der Waals surface area contributed by atoms with Crippen molar-refractivity contribution in [2.75, 3.05) is 0 Å². The molecule has 1 heterocycles. The first-order valence-electron chi connectivity index (χ1n) is 7.81. The molecule has 0 aromatic carbocycles. The van der Waals surface area contributed by atoms with Crippen LogP contribution in [0.3, 0.4) is 0 Å². The molecular formula is C16H31NO. The monoisotopic (exact) mass is 253 g/mol. The molecule has 4 atom stereocenters. The second-order valence-corrected chi connectivity index (χ2v) is 7.52. The molecule has 1 saturated heterocycles. The van der Waals surface area contributed by atoms with E-state index < -0.39 is 0 Å². The van der Waals surface area contributed by atoms with E-state index >= 15 is 0 Å². The Labute approximate surface area is 113 Å². The fourth-order valence-corrected chi connectivity index (χ4v) is 3.78. The van der Waals surface area contributed by atoms with E-state index in [1.165, 1.54) is 38.5 Å². The molecule has 4 unspecified atom stereocenters. The summed E-state index contributed by atoms with van der Waals surface area (Å²) in [4.78, 5) is 0. The highest BCUT2D eigenvalue weighted by molar-refractivity contribution is 4.88. The molecule has 2 heteroatoms. The lowest BCUT2D eigenvalue weighted by Gasteiger charge is -2.37. The van der Waals surface area contributed by atoms with Gasteiger partial charge in [0.15, 0.2) is 0 Å². The summed E-state index contributed by atoms with van der Waals surface area (Å²) in [6.07, 6.45) is 7.93. The van der Waals surface area contributed by atoms with Crippen LogP contribution >= 0.6 is 0 Å². The first kappa shape index (κ1) is 14.3. The van der Waals surface area contributed by atoms with Crippen molar-refractivity contribution in [2.24, 2.45) is 23.5 Å². The van der Waals surface area contributed by atoms with E-state index in [0.29, 0.717) is 18.1 Å². The summed E-state index contributed by atoms with van der Waals surface area (Å²) in [6, 6.07) is 0.410. The highest BCUT2D eigenvalue weighted by Crippen LogP contribution is 2.39. The lowest BCUT2D eigenvalue weighted by atomic mass is 9.72. The van der Waals surface area contributed by atoms with Crippen molar-refractivity contribution in [1.82, 2.24) is 0 Å². The summed E-state index contributed by atoms with van der Waals surface area (Å²) in [6.45, 7) is 9.14. The van der Waals surface area contributed by atoms with Gasteiger partial charge in [-0.1, -0.05) is 13.8 Å². The maximum Gasteiger partial charge on any atom is 0.0631 e. The zero-order valence-corrected chi connectivity index (χ0v) is 12.6. The summed E-state index contributed by atoms with van der Waals surface area (Å²) >= 11 is 0. The highest BCUT2D eigenvalue weighted by atomic mass is 16.5. The smallest absolute Gasteiger partial charge is 0.0631 e. The third-order valence-electron chi connectivity index (χ3n) is 5.14. The summed E-state index contributed by atoms with van der Waals surface area (Å²) in [5.41, 5.74) is 6.43. The van der Waals surface area contributed by atoms with Gasteiger partial charge in [-0.3, -0.25) is 0 Å². The molecule has 2 rings (SSSR count). The van der Waals surface area contributed by atoms with E-state index in [1.54, 1.807) is 0 Å². The SMILES string of the molecule is CC(C)C1CCC(N)C(CC2CCC(C)(C)O2)C1. The van der Waals surface area contributed by atoms with Crippen LogP contribution in [0.5, 0.6) is 0 Å². The van der Waals surface area contributed by atoms with Gasteiger partial charge in [0.05, 0.1) is 11.7 Å². The lowest BCUT2D eigenvalue weighted by molar-refractivity contribution is -0.0301. The van der Waals surface area contributed by atoms with Crippen LogP contribution in [-0.4, -0.2) is 17.7 Å². The van der Waals surface area contributed by atoms with Crippen molar-refractivity contribution in [1.29, 1.82) is 0 Å². The summed E-state index contributed by atoms with van der Waals surface area (Å²) in [7, 11) is 0. The van der Waals surface area contributed by atoms with Gasteiger partial charge in [-0.15, -0.1) is 0 Å². The summed E-state index contributed by atoms with van der Waals surface area (Å²) in [5.74, 6) is 2.37. The van der Waals surface area contributed by atoms with Crippen molar-refractivity contribution < 1.29 is 4.74 Å². The quantitative estimate of drug-likeness (QED) is 0.831. The van der Waals surface area contributed by atoms with Crippen LogP contribution in [0.4, 0.5) is 0 Å². The van der Waals surface area contributed by atoms with E-state index in [4.69, 9.17) is 10.5 Å². The molecule has 0 bridgehead atoms. The van der Waals surface area contributed by atoms with Crippen LogP contribution in [0.25, 0.3) is 0 Å². The average molecular weight is 253 g/mol. The van der Waals surface area contributed by atoms with Crippen LogP contribution in [0.2, 0.25) is 0 Å². The van der Waals surface area contributed by atoms with Gasteiger partial charge in [0.2, 0.25) is 0 Å². The van der Waals surface area contributed by atoms with Gasteiger partial charge >= 0.3 is 0 Å². The Morgan fingerprint density at radius 2 is 1.94 bits per heavy atom. The molecule has 0 aromatic rings. The van der Waals surface area contributed by atoms with Crippen LogP contribution in [0.1, 0.15) is 66.2 Å². The predicted molar refractivity (Wildman–Crippen MR) is 76.4 cm³/mol. The molecule has 0 radical (unpaired) electrons. The minimum absolute atomic E-state index is 0.0981. The first-order valence-corrected chi connectivity index (χ1v) is 7.81. The number of nitrogens with two attached hydrogens (primary N) is 1. The van der Waals surface area contributed by atoms with E-state index in [0.717, 1.165) is 11.8 Å². The minimum Gasteiger partial charge on any atom is -0.372 e. The van der Waals surface area contributed by atoms with Gasteiger partial charge in [0, 0.05) is 6.04 Å². The number of hydrogen-bond donors (Lipinski definition) is 1.